The molecule has 0 spiro atoms. The molecule has 0 atom stereocenters. The molecule has 0 saturated heterocycles. The van der Waals surface area contributed by atoms with Crippen molar-refractivity contribution in [2.75, 3.05) is 0 Å². The fraction of sp³-hybridized carbons (Fsp3) is 0.250. The van der Waals surface area contributed by atoms with Crippen LogP contribution in [0.25, 0.3) is 0 Å². The lowest BCUT2D eigenvalue weighted by Crippen LogP contribution is -1.85. The summed E-state index contributed by atoms with van der Waals surface area (Å²) in [5.41, 5.74) is -0.178. The van der Waals surface area contributed by atoms with Gasteiger partial charge in [-0.05, 0) is 0 Å². The first-order valence-electron chi connectivity index (χ1n) is 1.65. The molecular weight excluding hydrogens is 90.1 g/mol. The molecule has 34 valence electrons. The van der Waals surface area contributed by atoms with Crippen LogP contribution in [-0.4, -0.2) is 5.71 Å². The minimum absolute atomic E-state index is 0.0729. The summed E-state index contributed by atoms with van der Waals surface area (Å²) in [6, 6.07) is 3.20. The lowest BCUT2D eigenvalue weighted by Gasteiger charge is -1.71. The van der Waals surface area contributed by atoms with Crippen LogP contribution in [0, 0.1) is 28.1 Å². The number of rotatable bonds is 1. The number of hydrogen-bond acceptors (Lipinski definition) is 3. The average Bonchev–Trinajstić information content (AvgIpc) is 1.68. The maximum Gasteiger partial charge on any atom is 0.123 e. The van der Waals surface area contributed by atoms with Gasteiger partial charge in [-0.25, -0.2) is 0 Å². The molecular formula is C4H3N3. The van der Waals surface area contributed by atoms with E-state index < -0.39 is 0 Å². The molecule has 0 saturated carbocycles. The SMILES string of the molecule is N#CCC(=N)C#N. The molecule has 0 aromatic heterocycles. The third kappa shape index (κ3) is 2.45. The third-order valence-corrected chi connectivity index (χ3v) is 0.391. The van der Waals surface area contributed by atoms with Crippen molar-refractivity contribution in [2.45, 2.75) is 6.42 Å². The molecule has 0 aliphatic rings. The lowest BCUT2D eigenvalue weighted by atomic mass is 10.3. The summed E-state index contributed by atoms with van der Waals surface area (Å²) >= 11 is 0. The Hall–Kier alpha value is -1.35. The molecule has 0 rings (SSSR count). The lowest BCUT2D eigenvalue weighted by molar-refractivity contribution is 1.35. The van der Waals surface area contributed by atoms with Crippen LogP contribution < -0.4 is 0 Å². The topological polar surface area (TPSA) is 71.4 Å². The van der Waals surface area contributed by atoms with Crippen molar-refractivity contribution in [1.82, 2.24) is 0 Å². The highest BCUT2D eigenvalue weighted by Gasteiger charge is 1.86. The molecule has 0 aromatic carbocycles. The second-order valence-electron chi connectivity index (χ2n) is 0.925. The zero-order chi connectivity index (χ0) is 5.70. The van der Waals surface area contributed by atoms with E-state index in [-0.39, 0.29) is 12.1 Å². The van der Waals surface area contributed by atoms with E-state index in [9.17, 15) is 0 Å². The summed E-state index contributed by atoms with van der Waals surface area (Å²) in [6.45, 7) is 0. The number of nitrogens with one attached hydrogen (secondary N) is 1. The molecule has 0 heterocycles. The van der Waals surface area contributed by atoms with Gasteiger partial charge in [-0.1, -0.05) is 0 Å². The van der Waals surface area contributed by atoms with Gasteiger partial charge in [0.25, 0.3) is 0 Å². The maximum absolute atomic E-state index is 7.84. The second-order valence-corrected chi connectivity index (χ2v) is 0.925. The van der Waals surface area contributed by atoms with Gasteiger partial charge < -0.3 is 0 Å². The van der Waals surface area contributed by atoms with Gasteiger partial charge in [0.1, 0.15) is 11.8 Å². The van der Waals surface area contributed by atoms with E-state index in [1.54, 1.807) is 6.07 Å². The van der Waals surface area contributed by atoms with Crippen LogP contribution in [0.5, 0.6) is 0 Å². The highest BCUT2D eigenvalue weighted by atomic mass is 14.4. The summed E-state index contributed by atoms with van der Waals surface area (Å²) in [5, 5.41) is 22.2. The van der Waals surface area contributed by atoms with Crippen molar-refractivity contribution >= 4 is 5.71 Å². The van der Waals surface area contributed by atoms with E-state index in [1.165, 1.54) is 6.07 Å². The highest BCUT2D eigenvalue weighted by molar-refractivity contribution is 5.97. The molecule has 0 aliphatic carbocycles. The molecule has 0 bridgehead atoms. The van der Waals surface area contributed by atoms with Gasteiger partial charge in [0.15, 0.2) is 0 Å². The summed E-state index contributed by atoms with van der Waals surface area (Å²) in [4.78, 5) is 0. The van der Waals surface area contributed by atoms with Gasteiger partial charge in [0.2, 0.25) is 0 Å². The van der Waals surface area contributed by atoms with E-state index in [1.807, 2.05) is 0 Å². The van der Waals surface area contributed by atoms with E-state index >= 15 is 0 Å². The summed E-state index contributed by atoms with van der Waals surface area (Å²) in [7, 11) is 0. The van der Waals surface area contributed by atoms with Gasteiger partial charge in [0.05, 0.1) is 12.5 Å². The predicted octanol–water partition coefficient (Wildman–Crippen LogP) is 0.443. The molecule has 1 N–H and O–H groups in total. The Kier molecular flexibility index (Phi) is 2.31. The largest absolute Gasteiger partial charge is 0.293 e. The van der Waals surface area contributed by atoms with Crippen LogP contribution in [0.3, 0.4) is 0 Å². The van der Waals surface area contributed by atoms with Gasteiger partial charge in [0, 0.05) is 0 Å². The van der Waals surface area contributed by atoms with Crippen LogP contribution in [0.4, 0.5) is 0 Å². The zero-order valence-electron chi connectivity index (χ0n) is 3.60. The van der Waals surface area contributed by atoms with Crippen molar-refractivity contribution in [3.63, 3.8) is 0 Å². The first kappa shape index (κ1) is 5.65. The maximum atomic E-state index is 7.84. The van der Waals surface area contributed by atoms with Crippen LogP contribution in [0.2, 0.25) is 0 Å². The summed E-state index contributed by atoms with van der Waals surface area (Å²) < 4.78 is 0. The minimum atomic E-state index is -0.178. The number of nitrogens with zero attached hydrogens (tertiary/aromatic N) is 2. The molecule has 3 heteroatoms. The Morgan fingerprint density at radius 1 is 1.57 bits per heavy atom. The molecule has 0 fully saturated rings. The van der Waals surface area contributed by atoms with Crippen molar-refractivity contribution in [1.29, 1.82) is 15.9 Å². The van der Waals surface area contributed by atoms with Crippen LogP contribution in [0.1, 0.15) is 6.42 Å². The second kappa shape index (κ2) is 2.87. The minimum Gasteiger partial charge on any atom is -0.293 e. The van der Waals surface area contributed by atoms with Gasteiger partial charge in [-0.3, -0.25) is 5.41 Å². The molecule has 3 nitrogen and oxygen atoms in total. The molecule has 0 unspecified atom stereocenters. The fourth-order valence-electron chi connectivity index (χ4n) is 0.119. The molecule has 0 amide bonds. The Morgan fingerprint density at radius 2 is 2.14 bits per heavy atom. The first-order valence-corrected chi connectivity index (χ1v) is 1.65. The van der Waals surface area contributed by atoms with Gasteiger partial charge in [-0.2, -0.15) is 10.5 Å². The molecule has 0 aliphatic heterocycles. The first-order chi connectivity index (χ1) is 3.31. The van der Waals surface area contributed by atoms with Crippen molar-refractivity contribution in [3.8, 4) is 12.1 Å². The van der Waals surface area contributed by atoms with Gasteiger partial charge in [-0.15, -0.1) is 0 Å². The predicted molar refractivity (Wildman–Crippen MR) is 23.6 cm³/mol. The van der Waals surface area contributed by atoms with Crippen molar-refractivity contribution in [3.05, 3.63) is 0 Å². The standard InChI is InChI=1S/C4H3N3/c5-2-1-4(7)3-6/h7H,1H2. The molecule has 0 aromatic rings. The molecule has 7 heavy (non-hydrogen) atoms. The van der Waals surface area contributed by atoms with Crippen molar-refractivity contribution in [2.24, 2.45) is 0 Å². The Morgan fingerprint density at radius 3 is 2.29 bits per heavy atom. The van der Waals surface area contributed by atoms with E-state index in [2.05, 4.69) is 0 Å². The Balaban J connectivity index is 3.50. The summed E-state index contributed by atoms with van der Waals surface area (Å²) in [6.07, 6.45) is -0.0729. The quantitative estimate of drug-likeness (QED) is 0.478. The zero-order valence-corrected chi connectivity index (χ0v) is 3.60. The van der Waals surface area contributed by atoms with E-state index in [4.69, 9.17) is 15.9 Å². The van der Waals surface area contributed by atoms with Gasteiger partial charge >= 0.3 is 0 Å². The monoisotopic (exact) mass is 93.0 g/mol. The van der Waals surface area contributed by atoms with Crippen LogP contribution in [0.15, 0.2) is 0 Å². The molecule has 0 radical (unpaired) electrons. The number of hydrogen-bond donors (Lipinski definition) is 1. The highest BCUT2D eigenvalue weighted by Crippen LogP contribution is 1.74. The Bertz CT molecular complexity index is 145. The van der Waals surface area contributed by atoms with Crippen LogP contribution in [-0.2, 0) is 0 Å². The summed E-state index contributed by atoms with van der Waals surface area (Å²) in [5.74, 6) is 0. The number of nitriles is 2. The van der Waals surface area contributed by atoms with Crippen molar-refractivity contribution < 1.29 is 0 Å². The smallest absolute Gasteiger partial charge is 0.123 e. The van der Waals surface area contributed by atoms with E-state index in [0.29, 0.717) is 0 Å². The van der Waals surface area contributed by atoms with Crippen LogP contribution >= 0.6 is 0 Å². The van der Waals surface area contributed by atoms with E-state index in [0.717, 1.165) is 0 Å². The Labute approximate surface area is 41.3 Å². The third-order valence-electron chi connectivity index (χ3n) is 0.391. The normalized spacial score (nSPS) is 6.00. The fourth-order valence-corrected chi connectivity index (χ4v) is 0.119. The average molecular weight is 93.1 g/mol.